The van der Waals surface area contributed by atoms with E-state index in [-0.39, 0.29) is 11.8 Å². The van der Waals surface area contributed by atoms with Crippen LogP contribution in [0.1, 0.15) is 38.3 Å². The summed E-state index contributed by atoms with van der Waals surface area (Å²) < 4.78 is 1.75. The van der Waals surface area contributed by atoms with Crippen molar-refractivity contribution in [2.24, 2.45) is 0 Å². The summed E-state index contributed by atoms with van der Waals surface area (Å²) in [7, 11) is 0. The van der Waals surface area contributed by atoms with Crippen molar-refractivity contribution in [2.45, 2.75) is 26.9 Å². The molecule has 3 aromatic heterocycles. The summed E-state index contributed by atoms with van der Waals surface area (Å²) in [5.74, 6) is 0.516. The standard InChI is InChI=1S/C22H26N6O2S/c1-3-28-19(14-16(2)25-28)22(30)27-11-9-26(10-12-27)20-18(7-4-8-23-20)21(29)24-15-17-6-5-13-31-17/h4-8,13-14H,3,9-12,15H2,1-2H3,(H,24,29). The second-order valence-electron chi connectivity index (χ2n) is 7.40. The van der Waals surface area contributed by atoms with E-state index >= 15 is 0 Å². The number of thiophene rings is 1. The van der Waals surface area contributed by atoms with Crippen LogP contribution in [0.15, 0.2) is 41.9 Å². The summed E-state index contributed by atoms with van der Waals surface area (Å²) in [5, 5.41) is 9.35. The number of aryl methyl sites for hydroxylation is 2. The van der Waals surface area contributed by atoms with Crippen molar-refractivity contribution in [3.8, 4) is 0 Å². The molecule has 0 unspecified atom stereocenters. The number of nitrogens with one attached hydrogen (secondary N) is 1. The van der Waals surface area contributed by atoms with Gasteiger partial charge in [0, 0.05) is 43.8 Å². The molecule has 2 amide bonds. The van der Waals surface area contributed by atoms with Gasteiger partial charge in [0.15, 0.2) is 0 Å². The summed E-state index contributed by atoms with van der Waals surface area (Å²) in [6, 6.07) is 9.38. The number of nitrogens with zero attached hydrogens (tertiary/aromatic N) is 5. The molecule has 0 atom stereocenters. The maximum Gasteiger partial charge on any atom is 0.272 e. The third kappa shape index (κ3) is 4.61. The van der Waals surface area contributed by atoms with Crippen molar-refractivity contribution in [3.63, 3.8) is 0 Å². The molecule has 0 radical (unpaired) electrons. The fraction of sp³-hybridized carbons (Fsp3) is 0.364. The largest absolute Gasteiger partial charge is 0.352 e. The van der Waals surface area contributed by atoms with Gasteiger partial charge < -0.3 is 15.1 Å². The van der Waals surface area contributed by atoms with Gasteiger partial charge in [-0.1, -0.05) is 6.07 Å². The van der Waals surface area contributed by atoms with E-state index in [2.05, 4.69) is 20.3 Å². The van der Waals surface area contributed by atoms with Crippen LogP contribution >= 0.6 is 11.3 Å². The number of piperazine rings is 1. The van der Waals surface area contributed by atoms with Crippen molar-refractivity contribution in [3.05, 3.63) is 63.7 Å². The topological polar surface area (TPSA) is 83.4 Å². The molecule has 162 valence electrons. The number of hydrogen-bond acceptors (Lipinski definition) is 6. The van der Waals surface area contributed by atoms with Crippen LogP contribution in [-0.4, -0.2) is 57.7 Å². The minimum absolute atomic E-state index is 0.00275. The monoisotopic (exact) mass is 438 g/mol. The van der Waals surface area contributed by atoms with E-state index in [1.807, 2.05) is 42.3 Å². The third-order valence-electron chi connectivity index (χ3n) is 5.32. The van der Waals surface area contributed by atoms with E-state index in [4.69, 9.17) is 0 Å². The number of aromatic nitrogens is 3. The van der Waals surface area contributed by atoms with E-state index < -0.39 is 0 Å². The number of rotatable bonds is 6. The van der Waals surface area contributed by atoms with Crippen LogP contribution in [0.5, 0.6) is 0 Å². The van der Waals surface area contributed by atoms with Crippen molar-refractivity contribution >= 4 is 29.0 Å². The summed E-state index contributed by atoms with van der Waals surface area (Å²) >= 11 is 1.61. The quantitative estimate of drug-likeness (QED) is 0.640. The lowest BCUT2D eigenvalue weighted by Gasteiger charge is -2.36. The van der Waals surface area contributed by atoms with Crippen LogP contribution in [0.4, 0.5) is 5.82 Å². The second-order valence-corrected chi connectivity index (χ2v) is 8.43. The molecule has 3 aromatic rings. The van der Waals surface area contributed by atoms with Gasteiger partial charge in [-0.05, 0) is 43.5 Å². The number of hydrogen-bond donors (Lipinski definition) is 1. The molecule has 31 heavy (non-hydrogen) atoms. The molecule has 8 nitrogen and oxygen atoms in total. The predicted octanol–water partition coefficient (Wildman–Crippen LogP) is 2.56. The van der Waals surface area contributed by atoms with Crippen molar-refractivity contribution in [1.29, 1.82) is 0 Å². The molecular formula is C22H26N6O2S. The number of anilines is 1. The van der Waals surface area contributed by atoms with Gasteiger partial charge in [-0.25, -0.2) is 4.98 Å². The molecular weight excluding hydrogens is 412 g/mol. The fourth-order valence-electron chi connectivity index (χ4n) is 3.74. The highest BCUT2D eigenvalue weighted by molar-refractivity contribution is 7.09. The van der Waals surface area contributed by atoms with Crippen LogP contribution in [0.3, 0.4) is 0 Å². The zero-order valence-corrected chi connectivity index (χ0v) is 18.6. The maximum atomic E-state index is 13.0. The van der Waals surface area contributed by atoms with Crippen LogP contribution in [0, 0.1) is 6.92 Å². The van der Waals surface area contributed by atoms with Gasteiger partial charge in [0.25, 0.3) is 11.8 Å². The highest BCUT2D eigenvalue weighted by Crippen LogP contribution is 2.20. The molecule has 4 rings (SSSR count). The van der Waals surface area contributed by atoms with Gasteiger partial charge in [-0.3, -0.25) is 14.3 Å². The zero-order chi connectivity index (χ0) is 21.8. The summed E-state index contributed by atoms with van der Waals surface area (Å²) in [6.45, 7) is 7.41. The Kier molecular flexibility index (Phi) is 6.31. The van der Waals surface area contributed by atoms with Crippen molar-refractivity contribution in [1.82, 2.24) is 25.0 Å². The Morgan fingerprint density at radius 3 is 2.68 bits per heavy atom. The van der Waals surface area contributed by atoms with Crippen LogP contribution < -0.4 is 10.2 Å². The molecule has 0 spiro atoms. The molecule has 0 bridgehead atoms. The van der Waals surface area contributed by atoms with Gasteiger partial charge in [0.1, 0.15) is 11.5 Å². The molecule has 0 saturated carbocycles. The maximum absolute atomic E-state index is 13.0. The highest BCUT2D eigenvalue weighted by Gasteiger charge is 2.27. The number of pyridine rings is 1. The van der Waals surface area contributed by atoms with E-state index in [9.17, 15) is 9.59 Å². The third-order valence-corrected chi connectivity index (χ3v) is 6.20. The Balaban J connectivity index is 1.42. The van der Waals surface area contributed by atoms with Crippen LogP contribution in [-0.2, 0) is 13.1 Å². The molecule has 9 heteroatoms. The Labute approximate surface area is 185 Å². The van der Waals surface area contributed by atoms with Crippen molar-refractivity contribution < 1.29 is 9.59 Å². The van der Waals surface area contributed by atoms with E-state index in [0.29, 0.717) is 56.3 Å². The first kappa shape index (κ1) is 21.0. The Hall–Kier alpha value is -3.20. The normalized spacial score (nSPS) is 14.0. The first-order chi connectivity index (χ1) is 15.1. The van der Waals surface area contributed by atoms with Gasteiger partial charge in [0.05, 0.1) is 17.8 Å². The predicted molar refractivity (Wildman–Crippen MR) is 120 cm³/mol. The molecule has 1 saturated heterocycles. The van der Waals surface area contributed by atoms with E-state index in [0.717, 1.165) is 10.6 Å². The van der Waals surface area contributed by atoms with Crippen molar-refractivity contribution in [2.75, 3.05) is 31.1 Å². The Morgan fingerprint density at radius 2 is 1.97 bits per heavy atom. The summed E-state index contributed by atoms with van der Waals surface area (Å²) in [4.78, 5) is 35.3. The second kappa shape index (κ2) is 9.30. The lowest BCUT2D eigenvalue weighted by atomic mass is 10.2. The van der Waals surface area contributed by atoms with Gasteiger partial charge >= 0.3 is 0 Å². The first-order valence-electron chi connectivity index (χ1n) is 10.4. The summed E-state index contributed by atoms with van der Waals surface area (Å²) in [5.41, 5.74) is 2.02. The average Bonchev–Trinajstić information content (AvgIpc) is 3.46. The Bertz CT molecular complexity index is 1050. The molecule has 1 aliphatic heterocycles. The Morgan fingerprint density at radius 1 is 1.16 bits per heavy atom. The van der Waals surface area contributed by atoms with Gasteiger partial charge in [-0.2, -0.15) is 5.10 Å². The summed E-state index contributed by atoms with van der Waals surface area (Å²) in [6.07, 6.45) is 1.70. The average molecular weight is 439 g/mol. The number of amides is 2. The first-order valence-corrected chi connectivity index (χ1v) is 11.3. The SMILES string of the molecule is CCn1nc(C)cc1C(=O)N1CCN(c2ncccc2C(=O)NCc2cccs2)CC1. The molecule has 1 fully saturated rings. The molecule has 0 aliphatic carbocycles. The van der Waals surface area contributed by atoms with Crippen LogP contribution in [0.25, 0.3) is 0 Å². The number of carbonyl (C=O) groups excluding carboxylic acids is 2. The zero-order valence-electron chi connectivity index (χ0n) is 17.7. The highest BCUT2D eigenvalue weighted by atomic mass is 32.1. The molecule has 4 heterocycles. The van der Waals surface area contributed by atoms with Crippen LogP contribution in [0.2, 0.25) is 0 Å². The smallest absolute Gasteiger partial charge is 0.272 e. The molecule has 1 aliphatic rings. The van der Waals surface area contributed by atoms with Gasteiger partial charge in [-0.15, -0.1) is 11.3 Å². The number of carbonyl (C=O) groups is 2. The van der Waals surface area contributed by atoms with E-state index in [1.54, 1.807) is 34.3 Å². The minimum atomic E-state index is -0.141. The molecule has 0 aromatic carbocycles. The lowest BCUT2D eigenvalue weighted by molar-refractivity contribution is 0.0733. The van der Waals surface area contributed by atoms with E-state index in [1.165, 1.54) is 0 Å². The minimum Gasteiger partial charge on any atom is -0.352 e. The van der Waals surface area contributed by atoms with Gasteiger partial charge in [0.2, 0.25) is 0 Å². The lowest BCUT2D eigenvalue weighted by Crippen LogP contribution is -2.49. The fourth-order valence-corrected chi connectivity index (χ4v) is 4.39. The molecule has 1 N–H and O–H groups in total.